The molecule has 0 aliphatic rings. The predicted molar refractivity (Wildman–Crippen MR) is 46.0 cm³/mol. The summed E-state index contributed by atoms with van der Waals surface area (Å²) in [6.45, 7) is 1.68. The molecule has 0 spiro atoms. The number of nitriles is 1. The zero-order valence-corrected chi connectivity index (χ0v) is 6.94. The monoisotopic (exact) mass is 174 g/mol. The van der Waals surface area contributed by atoms with Crippen LogP contribution in [0.15, 0.2) is 23.4 Å². The molecule has 0 aromatic heterocycles. The first-order valence-corrected chi connectivity index (χ1v) is 3.57. The second kappa shape index (κ2) is 3.59. The van der Waals surface area contributed by atoms with Crippen molar-refractivity contribution in [3.63, 3.8) is 0 Å². The van der Waals surface area contributed by atoms with Crippen LogP contribution in [0.5, 0.6) is 0 Å². The Kier molecular flexibility index (Phi) is 2.50. The van der Waals surface area contributed by atoms with Crippen molar-refractivity contribution in [2.45, 2.75) is 6.92 Å². The van der Waals surface area contributed by atoms with Gasteiger partial charge in [-0.15, -0.1) is 4.91 Å². The molecule has 64 valence electrons. The lowest BCUT2D eigenvalue weighted by molar-refractivity contribution is 0.1000. The Morgan fingerprint density at radius 1 is 1.54 bits per heavy atom. The normalized spacial score (nSPS) is 8.92. The third-order valence-electron chi connectivity index (χ3n) is 1.68. The van der Waals surface area contributed by atoms with Gasteiger partial charge in [-0.05, 0) is 24.6 Å². The van der Waals surface area contributed by atoms with Crippen LogP contribution in [-0.2, 0) is 0 Å². The topological polar surface area (TPSA) is 70.3 Å². The van der Waals surface area contributed by atoms with E-state index in [0.717, 1.165) is 0 Å². The summed E-state index contributed by atoms with van der Waals surface area (Å²) in [7, 11) is 0. The van der Waals surface area contributed by atoms with E-state index in [1.807, 2.05) is 6.07 Å². The number of hydrogen-bond acceptors (Lipinski definition) is 3. The van der Waals surface area contributed by atoms with Gasteiger partial charge in [-0.25, -0.2) is 0 Å². The second-order valence-corrected chi connectivity index (χ2v) is 2.54. The Labute approximate surface area is 74.8 Å². The van der Waals surface area contributed by atoms with Gasteiger partial charge in [0.05, 0.1) is 11.6 Å². The Bertz CT molecular complexity index is 405. The van der Waals surface area contributed by atoms with E-state index in [2.05, 4.69) is 5.18 Å². The van der Waals surface area contributed by atoms with E-state index in [9.17, 15) is 9.70 Å². The minimum Gasteiger partial charge on any atom is -0.263 e. The zero-order valence-electron chi connectivity index (χ0n) is 6.94. The van der Waals surface area contributed by atoms with E-state index in [1.54, 1.807) is 19.1 Å². The van der Waals surface area contributed by atoms with Gasteiger partial charge in [0.25, 0.3) is 0 Å². The fourth-order valence-electron chi connectivity index (χ4n) is 0.971. The van der Waals surface area contributed by atoms with Crippen molar-refractivity contribution in [1.82, 2.24) is 0 Å². The van der Waals surface area contributed by atoms with E-state index in [-0.39, 0.29) is 5.56 Å². The van der Waals surface area contributed by atoms with Crippen molar-refractivity contribution >= 4 is 5.91 Å². The molecular formula is C9H6N2O2. The minimum atomic E-state index is -0.838. The number of aryl methyl sites for hydroxylation is 1. The highest BCUT2D eigenvalue weighted by Gasteiger charge is 2.09. The number of hydrogen-bond donors (Lipinski definition) is 0. The second-order valence-electron chi connectivity index (χ2n) is 2.54. The molecule has 0 saturated heterocycles. The van der Waals surface area contributed by atoms with Crippen molar-refractivity contribution in [2.75, 3.05) is 0 Å². The van der Waals surface area contributed by atoms with Crippen LogP contribution >= 0.6 is 0 Å². The van der Waals surface area contributed by atoms with Gasteiger partial charge in [0.2, 0.25) is 0 Å². The lowest BCUT2D eigenvalue weighted by Gasteiger charge is -1.98. The van der Waals surface area contributed by atoms with Gasteiger partial charge in [0, 0.05) is 10.7 Å². The molecule has 1 rings (SSSR count). The highest BCUT2D eigenvalue weighted by molar-refractivity contribution is 5.96. The molecule has 0 radical (unpaired) electrons. The maximum Gasteiger partial charge on any atom is 0.317 e. The molecule has 0 saturated carbocycles. The maximum atomic E-state index is 10.9. The van der Waals surface area contributed by atoms with Gasteiger partial charge < -0.3 is 0 Å². The minimum absolute atomic E-state index is 0.189. The van der Waals surface area contributed by atoms with Crippen LogP contribution < -0.4 is 0 Å². The smallest absolute Gasteiger partial charge is 0.263 e. The summed E-state index contributed by atoms with van der Waals surface area (Å²) < 4.78 is 0. The van der Waals surface area contributed by atoms with Crippen LogP contribution in [0, 0.1) is 23.2 Å². The summed E-state index contributed by atoms with van der Waals surface area (Å²) in [5.41, 5.74) is 1.18. The Balaban J connectivity index is 3.28. The molecule has 0 N–H and O–H groups in total. The van der Waals surface area contributed by atoms with Crippen molar-refractivity contribution in [3.8, 4) is 6.07 Å². The van der Waals surface area contributed by atoms with Crippen molar-refractivity contribution in [3.05, 3.63) is 39.8 Å². The number of nitroso groups, excluding NO2 is 1. The first kappa shape index (κ1) is 9.07. The molecule has 4 nitrogen and oxygen atoms in total. The largest absolute Gasteiger partial charge is 0.317 e. The summed E-state index contributed by atoms with van der Waals surface area (Å²) in [5.74, 6) is -0.838. The van der Waals surface area contributed by atoms with Crippen LogP contribution in [0.3, 0.4) is 0 Å². The van der Waals surface area contributed by atoms with Gasteiger partial charge in [-0.3, -0.25) is 4.79 Å². The predicted octanol–water partition coefficient (Wildman–Crippen LogP) is 1.77. The van der Waals surface area contributed by atoms with E-state index in [1.165, 1.54) is 6.07 Å². The lowest BCUT2D eigenvalue weighted by atomic mass is 10.1. The molecule has 0 bridgehead atoms. The van der Waals surface area contributed by atoms with Crippen LogP contribution in [-0.4, -0.2) is 5.91 Å². The van der Waals surface area contributed by atoms with E-state index >= 15 is 0 Å². The van der Waals surface area contributed by atoms with Crippen LogP contribution in [0.2, 0.25) is 0 Å². The van der Waals surface area contributed by atoms with Gasteiger partial charge in [-0.2, -0.15) is 5.26 Å². The highest BCUT2D eigenvalue weighted by Crippen LogP contribution is 2.11. The van der Waals surface area contributed by atoms with Gasteiger partial charge >= 0.3 is 5.91 Å². The van der Waals surface area contributed by atoms with E-state index in [4.69, 9.17) is 5.26 Å². The van der Waals surface area contributed by atoms with Gasteiger partial charge in [-0.1, -0.05) is 6.07 Å². The molecule has 1 aromatic rings. The average Bonchev–Trinajstić information content (AvgIpc) is 2.17. The molecular weight excluding hydrogens is 168 g/mol. The van der Waals surface area contributed by atoms with Crippen molar-refractivity contribution in [2.24, 2.45) is 5.18 Å². The first-order chi connectivity index (χ1) is 6.19. The number of benzene rings is 1. The number of carbonyl (C=O) groups is 1. The van der Waals surface area contributed by atoms with Gasteiger partial charge in [0.1, 0.15) is 0 Å². The van der Waals surface area contributed by atoms with E-state index < -0.39 is 5.91 Å². The van der Waals surface area contributed by atoms with E-state index in [0.29, 0.717) is 11.1 Å². The fourth-order valence-corrected chi connectivity index (χ4v) is 0.971. The molecule has 0 fully saturated rings. The number of nitrogens with zero attached hydrogens (tertiary/aromatic N) is 2. The molecule has 0 heterocycles. The molecule has 0 atom stereocenters. The summed E-state index contributed by atoms with van der Waals surface area (Å²) in [4.78, 5) is 20.9. The van der Waals surface area contributed by atoms with Crippen molar-refractivity contribution < 1.29 is 4.79 Å². The molecule has 0 unspecified atom stereocenters. The SMILES string of the molecule is Cc1ccc(C#N)cc1C(=O)N=O. The number of amides is 1. The Morgan fingerprint density at radius 2 is 2.23 bits per heavy atom. The summed E-state index contributed by atoms with van der Waals surface area (Å²) in [6.07, 6.45) is 0. The molecule has 13 heavy (non-hydrogen) atoms. The summed E-state index contributed by atoms with van der Waals surface area (Å²) in [6, 6.07) is 6.43. The summed E-state index contributed by atoms with van der Waals surface area (Å²) in [5, 5.41) is 10.8. The first-order valence-electron chi connectivity index (χ1n) is 3.57. The van der Waals surface area contributed by atoms with Crippen LogP contribution in [0.1, 0.15) is 21.5 Å². The maximum absolute atomic E-state index is 10.9. The van der Waals surface area contributed by atoms with Crippen LogP contribution in [0.4, 0.5) is 0 Å². The Morgan fingerprint density at radius 3 is 2.77 bits per heavy atom. The molecule has 0 aliphatic heterocycles. The third kappa shape index (κ3) is 1.76. The quantitative estimate of drug-likeness (QED) is 0.609. The molecule has 0 aliphatic carbocycles. The highest BCUT2D eigenvalue weighted by atomic mass is 16.3. The summed E-state index contributed by atoms with van der Waals surface area (Å²) >= 11 is 0. The molecule has 4 heteroatoms. The zero-order chi connectivity index (χ0) is 9.84. The number of carbonyl (C=O) groups excluding carboxylic acids is 1. The van der Waals surface area contributed by atoms with Crippen LogP contribution in [0.25, 0.3) is 0 Å². The lowest BCUT2D eigenvalue weighted by Crippen LogP contribution is -1.97. The molecule has 1 amide bonds. The van der Waals surface area contributed by atoms with Crippen molar-refractivity contribution in [1.29, 1.82) is 5.26 Å². The number of rotatable bonds is 1. The third-order valence-corrected chi connectivity index (χ3v) is 1.68. The molecule has 1 aromatic carbocycles. The fraction of sp³-hybridized carbons (Fsp3) is 0.111. The Hall–Kier alpha value is -2.02. The van der Waals surface area contributed by atoms with Gasteiger partial charge in [0.15, 0.2) is 0 Å². The average molecular weight is 174 g/mol. The standard InChI is InChI=1S/C9H6N2O2/c1-6-2-3-7(5-10)4-8(6)9(12)11-13/h2-4H,1H3.